The van der Waals surface area contributed by atoms with Gasteiger partial charge in [0.2, 0.25) is 17.7 Å². The van der Waals surface area contributed by atoms with Gasteiger partial charge in [-0.15, -0.1) is 0 Å². The minimum atomic E-state index is -1.56. The lowest BCUT2D eigenvalue weighted by atomic mass is 9.96. The van der Waals surface area contributed by atoms with Gasteiger partial charge in [-0.3, -0.25) is 14.4 Å². The summed E-state index contributed by atoms with van der Waals surface area (Å²) in [5.74, 6) is -3.68. The number of aromatic hydroxyl groups is 1. The van der Waals surface area contributed by atoms with E-state index in [1.165, 1.54) is 12.1 Å². The number of nitrogens with one attached hydrogen (secondary N) is 4. The molecular weight excluding hydrogens is 530 g/mol. The molecular formula is C29H37N5O7. The minimum absolute atomic E-state index is 0.0148. The molecule has 0 radical (unpaired) electrons. The Morgan fingerprint density at radius 3 is 2.20 bits per heavy atom. The number of carboxylic acid groups (broad SMARTS) is 1. The normalized spacial score (nSPS) is 14.8. The van der Waals surface area contributed by atoms with Gasteiger partial charge in [-0.2, -0.15) is 0 Å². The van der Waals surface area contributed by atoms with Crippen LogP contribution in [0.2, 0.25) is 0 Å². The van der Waals surface area contributed by atoms with E-state index in [1.807, 2.05) is 31.2 Å². The highest BCUT2D eigenvalue weighted by molar-refractivity contribution is 5.95. The molecule has 5 atom stereocenters. The molecule has 1 heterocycles. The summed E-state index contributed by atoms with van der Waals surface area (Å²) in [6, 6.07) is 8.84. The van der Waals surface area contributed by atoms with E-state index in [4.69, 9.17) is 5.73 Å². The number of aliphatic hydroxyl groups excluding tert-OH is 1. The predicted molar refractivity (Wildman–Crippen MR) is 152 cm³/mol. The molecule has 2 aromatic carbocycles. The molecule has 0 aliphatic heterocycles. The van der Waals surface area contributed by atoms with Crippen LogP contribution < -0.4 is 21.7 Å². The number of benzene rings is 2. The number of carbonyl (C=O) groups is 4. The standard InChI is InChI=1S/C29H37N5O7/c1-3-16(2)25(34-26(37)21(30)12-17-8-10-19(36)11-9-17)28(39)32-23(27(38)33-24(15-35)29(40)41)13-18-14-31-22-7-5-4-6-20(18)22/h4-11,14,16,21,23-25,31,35-36H,3,12-13,15,30H2,1-2H3,(H,32,39)(H,33,38)(H,34,37)(H,40,41). The second-order valence-corrected chi connectivity index (χ2v) is 10.1. The number of aliphatic carboxylic acids is 1. The van der Waals surface area contributed by atoms with Crippen molar-refractivity contribution < 1.29 is 34.5 Å². The number of aromatic amines is 1. The van der Waals surface area contributed by atoms with E-state index < -0.39 is 54.5 Å². The van der Waals surface area contributed by atoms with Crippen molar-refractivity contribution in [1.29, 1.82) is 0 Å². The van der Waals surface area contributed by atoms with Gasteiger partial charge in [0.15, 0.2) is 0 Å². The zero-order valence-electron chi connectivity index (χ0n) is 23.0. The Morgan fingerprint density at radius 2 is 1.56 bits per heavy atom. The number of H-pyrrole nitrogens is 1. The smallest absolute Gasteiger partial charge is 0.328 e. The summed E-state index contributed by atoms with van der Waals surface area (Å²) in [7, 11) is 0. The average Bonchev–Trinajstić information content (AvgIpc) is 3.37. The van der Waals surface area contributed by atoms with Gasteiger partial charge in [-0.25, -0.2) is 4.79 Å². The maximum atomic E-state index is 13.5. The number of nitrogens with two attached hydrogens (primary N) is 1. The molecule has 12 heteroatoms. The third-order valence-corrected chi connectivity index (χ3v) is 7.05. The number of hydrogen-bond acceptors (Lipinski definition) is 7. The van der Waals surface area contributed by atoms with Crippen LogP contribution >= 0.6 is 0 Å². The van der Waals surface area contributed by atoms with Gasteiger partial charge < -0.3 is 42.0 Å². The molecule has 0 spiro atoms. The Labute approximate surface area is 237 Å². The Morgan fingerprint density at radius 1 is 0.902 bits per heavy atom. The van der Waals surface area contributed by atoms with E-state index in [-0.39, 0.29) is 24.5 Å². The molecule has 0 saturated carbocycles. The Bertz CT molecular complexity index is 1360. The van der Waals surface area contributed by atoms with E-state index in [1.54, 1.807) is 25.3 Å². The number of carbonyl (C=O) groups excluding carboxylic acids is 3. The molecule has 9 N–H and O–H groups in total. The van der Waals surface area contributed by atoms with Crippen molar-refractivity contribution in [3.8, 4) is 5.75 Å². The number of rotatable bonds is 14. The van der Waals surface area contributed by atoms with E-state index in [9.17, 15) is 34.5 Å². The van der Waals surface area contributed by atoms with Crippen LogP contribution in [0, 0.1) is 5.92 Å². The third-order valence-electron chi connectivity index (χ3n) is 7.05. The largest absolute Gasteiger partial charge is 0.508 e. The lowest BCUT2D eigenvalue weighted by Gasteiger charge is -2.28. The molecule has 0 aliphatic carbocycles. The van der Waals surface area contributed by atoms with Crippen LogP contribution in [0.5, 0.6) is 5.75 Å². The van der Waals surface area contributed by atoms with Crippen LogP contribution in [0.3, 0.4) is 0 Å². The number of fused-ring (bicyclic) bond motifs is 1. The molecule has 0 bridgehead atoms. The molecule has 5 unspecified atom stereocenters. The van der Waals surface area contributed by atoms with Crippen molar-refractivity contribution >= 4 is 34.6 Å². The van der Waals surface area contributed by atoms with Gasteiger partial charge in [0.05, 0.1) is 12.6 Å². The van der Waals surface area contributed by atoms with Gasteiger partial charge in [0.1, 0.15) is 23.9 Å². The van der Waals surface area contributed by atoms with E-state index in [2.05, 4.69) is 20.9 Å². The SMILES string of the molecule is CCC(C)C(NC(=O)C(N)Cc1ccc(O)cc1)C(=O)NC(Cc1c[nH]c2ccccc12)C(=O)NC(CO)C(=O)O. The summed E-state index contributed by atoms with van der Waals surface area (Å²) in [6.07, 6.45) is 2.41. The number of amides is 3. The minimum Gasteiger partial charge on any atom is -0.508 e. The Kier molecular flexibility index (Phi) is 10.8. The second kappa shape index (κ2) is 14.3. The van der Waals surface area contributed by atoms with Crippen LogP contribution in [-0.2, 0) is 32.0 Å². The first-order chi connectivity index (χ1) is 19.5. The summed E-state index contributed by atoms with van der Waals surface area (Å²) in [5.41, 5.74) is 8.36. The number of phenols is 1. The topological polar surface area (TPSA) is 207 Å². The number of para-hydroxylation sites is 1. The lowest BCUT2D eigenvalue weighted by Crippen LogP contribution is -2.59. The number of carboxylic acids is 1. The summed E-state index contributed by atoms with van der Waals surface area (Å²) >= 11 is 0. The zero-order valence-corrected chi connectivity index (χ0v) is 23.0. The van der Waals surface area contributed by atoms with Crippen LogP contribution in [-0.4, -0.2) is 74.8 Å². The number of aliphatic hydroxyl groups is 1. The zero-order chi connectivity index (χ0) is 30.1. The van der Waals surface area contributed by atoms with Crippen LogP contribution in [0.4, 0.5) is 0 Å². The van der Waals surface area contributed by atoms with E-state index >= 15 is 0 Å². The summed E-state index contributed by atoms with van der Waals surface area (Å²) in [4.78, 5) is 54.3. The van der Waals surface area contributed by atoms with Gasteiger partial charge in [-0.1, -0.05) is 50.6 Å². The lowest BCUT2D eigenvalue weighted by molar-refractivity contribution is -0.143. The maximum Gasteiger partial charge on any atom is 0.328 e. The highest BCUT2D eigenvalue weighted by Crippen LogP contribution is 2.20. The van der Waals surface area contributed by atoms with E-state index in [0.717, 1.165) is 16.5 Å². The van der Waals surface area contributed by atoms with Crippen molar-refractivity contribution in [1.82, 2.24) is 20.9 Å². The first-order valence-electron chi connectivity index (χ1n) is 13.4. The van der Waals surface area contributed by atoms with E-state index in [0.29, 0.717) is 12.0 Å². The molecule has 0 fully saturated rings. The highest BCUT2D eigenvalue weighted by atomic mass is 16.4. The summed E-state index contributed by atoms with van der Waals surface area (Å²) in [6.45, 7) is 2.79. The quantitative estimate of drug-likeness (QED) is 0.138. The number of phenolic OH excluding ortho intramolecular Hbond substituents is 1. The maximum absolute atomic E-state index is 13.5. The molecule has 12 nitrogen and oxygen atoms in total. The number of hydrogen-bond donors (Lipinski definition) is 8. The molecule has 41 heavy (non-hydrogen) atoms. The molecule has 0 saturated heterocycles. The van der Waals surface area contributed by atoms with Crippen molar-refractivity contribution in [3.63, 3.8) is 0 Å². The van der Waals surface area contributed by atoms with Crippen LogP contribution in [0.1, 0.15) is 31.4 Å². The van der Waals surface area contributed by atoms with Gasteiger partial charge in [0.25, 0.3) is 0 Å². The molecule has 3 amide bonds. The molecule has 3 aromatic rings. The fourth-order valence-electron chi connectivity index (χ4n) is 4.39. The van der Waals surface area contributed by atoms with Crippen LogP contribution in [0.25, 0.3) is 10.9 Å². The fourth-order valence-corrected chi connectivity index (χ4v) is 4.39. The third kappa shape index (κ3) is 8.29. The molecule has 0 aliphatic rings. The Balaban J connectivity index is 1.80. The van der Waals surface area contributed by atoms with Gasteiger partial charge in [0, 0.05) is 23.5 Å². The average molecular weight is 568 g/mol. The molecule has 220 valence electrons. The van der Waals surface area contributed by atoms with Crippen molar-refractivity contribution in [2.24, 2.45) is 11.7 Å². The monoisotopic (exact) mass is 567 g/mol. The van der Waals surface area contributed by atoms with Crippen molar-refractivity contribution in [3.05, 3.63) is 65.9 Å². The summed E-state index contributed by atoms with van der Waals surface area (Å²) in [5, 5.41) is 36.7. The number of aromatic nitrogens is 1. The second-order valence-electron chi connectivity index (χ2n) is 10.1. The molecule has 1 aromatic heterocycles. The molecule has 3 rings (SSSR count). The van der Waals surface area contributed by atoms with Crippen molar-refractivity contribution in [2.75, 3.05) is 6.61 Å². The highest BCUT2D eigenvalue weighted by Gasteiger charge is 2.33. The summed E-state index contributed by atoms with van der Waals surface area (Å²) < 4.78 is 0. The van der Waals surface area contributed by atoms with Gasteiger partial charge >= 0.3 is 5.97 Å². The first-order valence-corrected chi connectivity index (χ1v) is 13.4. The Hall–Kier alpha value is -4.42. The predicted octanol–water partition coefficient (Wildman–Crippen LogP) is 0.563. The fraction of sp³-hybridized carbons (Fsp3) is 0.379. The van der Waals surface area contributed by atoms with Gasteiger partial charge in [-0.05, 0) is 41.7 Å². The first kappa shape index (κ1) is 31.1. The van der Waals surface area contributed by atoms with Crippen LogP contribution in [0.15, 0.2) is 54.7 Å². The van der Waals surface area contributed by atoms with Crippen molar-refractivity contribution in [2.45, 2.75) is 57.3 Å².